The molecule has 5 aromatic rings. The molecule has 0 amide bonds. The molecule has 2 heterocycles. The largest absolute Gasteiger partial charge is 0.268 e. The topological polar surface area (TPSA) is 76.0 Å². The van der Waals surface area contributed by atoms with Gasteiger partial charge < -0.3 is 0 Å². The number of nitriles is 1. The van der Waals surface area contributed by atoms with Gasteiger partial charge in [0.25, 0.3) is 5.56 Å². The van der Waals surface area contributed by atoms with Crippen molar-refractivity contribution in [2.45, 2.75) is 17.8 Å². The average Bonchev–Trinajstić information content (AvgIpc) is 3.23. The molecule has 0 bridgehead atoms. The SMILES string of the molecule is Cc1ccc(-n2c(=O)c3ccccc3n3c(SCc4ccc(C#N)cc4)nnc23)cc1. The van der Waals surface area contributed by atoms with E-state index in [9.17, 15) is 4.79 Å². The zero-order chi connectivity index (χ0) is 21.4. The second-order valence-electron chi connectivity index (χ2n) is 7.21. The molecular formula is C24H17N5OS. The number of fused-ring (bicyclic) bond motifs is 3. The minimum Gasteiger partial charge on any atom is -0.268 e. The normalized spacial score (nSPS) is 11.1. The van der Waals surface area contributed by atoms with Crippen LogP contribution in [0, 0.1) is 18.3 Å². The van der Waals surface area contributed by atoms with E-state index < -0.39 is 0 Å². The third-order valence-electron chi connectivity index (χ3n) is 5.14. The Morgan fingerprint density at radius 1 is 0.968 bits per heavy atom. The summed E-state index contributed by atoms with van der Waals surface area (Å²) in [5.41, 5.74) is 4.24. The molecule has 3 aromatic carbocycles. The number of aromatic nitrogens is 4. The van der Waals surface area contributed by atoms with Crippen LogP contribution in [-0.4, -0.2) is 19.2 Å². The number of benzene rings is 3. The Morgan fingerprint density at radius 3 is 2.45 bits per heavy atom. The lowest BCUT2D eigenvalue weighted by Gasteiger charge is -2.11. The summed E-state index contributed by atoms with van der Waals surface area (Å²) in [6.45, 7) is 2.01. The molecule has 150 valence electrons. The molecule has 6 nitrogen and oxygen atoms in total. The fraction of sp³-hybridized carbons (Fsp3) is 0.0833. The van der Waals surface area contributed by atoms with Crippen LogP contribution in [0.1, 0.15) is 16.7 Å². The molecule has 2 aromatic heterocycles. The zero-order valence-corrected chi connectivity index (χ0v) is 17.5. The second-order valence-corrected chi connectivity index (χ2v) is 8.15. The maximum absolute atomic E-state index is 13.3. The van der Waals surface area contributed by atoms with Crippen molar-refractivity contribution >= 4 is 28.4 Å². The summed E-state index contributed by atoms with van der Waals surface area (Å²) in [6, 6.07) is 24.9. The number of aryl methyl sites for hydroxylation is 1. The standard InChI is InChI=1S/C24H17N5OS/c1-16-6-12-19(13-7-16)28-22(30)20-4-2-3-5-21(20)29-23(28)26-27-24(29)31-15-18-10-8-17(14-25)9-11-18/h2-13H,15H2,1H3. The van der Waals surface area contributed by atoms with Gasteiger partial charge in [-0.25, -0.2) is 4.57 Å². The van der Waals surface area contributed by atoms with Crippen molar-refractivity contribution in [1.82, 2.24) is 19.2 Å². The molecule has 0 aliphatic carbocycles. The third kappa shape index (κ3) is 3.37. The van der Waals surface area contributed by atoms with Gasteiger partial charge in [0, 0.05) is 5.75 Å². The predicted molar refractivity (Wildman–Crippen MR) is 122 cm³/mol. The van der Waals surface area contributed by atoms with Gasteiger partial charge in [0.1, 0.15) is 0 Å². The van der Waals surface area contributed by atoms with E-state index in [-0.39, 0.29) is 5.56 Å². The fourth-order valence-corrected chi connectivity index (χ4v) is 4.42. The van der Waals surface area contributed by atoms with Crippen molar-refractivity contribution in [2.75, 3.05) is 0 Å². The number of rotatable bonds is 4. The van der Waals surface area contributed by atoms with Gasteiger partial charge in [-0.15, -0.1) is 10.2 Å². The summed E-state index contributed by atoms with van der Waals surface area (Å²) in [5, 5.41) is 19.1. The highest BCUT2D eigenvalue weighted by Crippen LogP contribution is 2.26. The molecular weight excluding hydrogens is 406 g/mol. The number of nitrogens with zero attached hydrogens (tertiary/aromatic N) is 5. The van der Waals surface area contributed by atoms with Crippen molar-refractivity contribution in [3.05, 3.63) is 99.8 Å². The van der Waals surface area contributed by atoms with Crippen LogP contribution < -0.4 is 5.56 Å². The van der Waals surface area contributed by atoms with Gasteiger partial charge in [0.2, 0.25) is 5.78 Å². The first-order chi connectivity index (χ1) is 15.2. The Balaban J connectivity index is 1.66. The van der Waals surface area contributed by atoms with E-state index in [2.05, 4.69) is 16.3 Å². The van der Waals surface area contributed by atoms with Crippen LogP contribution >= 0.6 is 11.8 Å². The van der Waals surface area contributed by atoms with Crippen molar-refractivity contribution in [1.29, 1.82) is 5.26 Å². The van der Waals surface area contributed by atoms with Gasteiger partial charge >= 0.3 is 0 Å². The molecule has 31 heavy (non-hydrogen) atoms. The van der Waals surface area contributed by atoms with Crippen LogP contribution in [0.25, 0.3) is 22.4 Å². The van der Waals surface area contributed by atoms with Gasteiger partial charge in [-0.05, 0) is 48.9 Å². The quantitative estimate of drug-likeness (QED) is 0.398. The zero-order valence-electron chi connectivity index (χ0n) is 16.7. The van der Waals surface area contributed by atoms with Crippen LogP contribution in [0.5, 0.6) is 0 Å². The minimum atomic E-state index is -0.122. The fourth-order valence-electron chi connectivity index (χ4n) is 3.52. The van der Waals surface area contributed by atoms with E-state index in [4.69, 9.17) is 5.26 Å². The summed E-state index contributed by atoms with van der Waals surface area (Å²) >= 11 is 1.54. The van der Waals surface area contributed by atoms with Crippen LogP contribution in [0.15, 0.2) is 82.7 Å². The summed E-state index contributed by atoms with van der Waals surface area (Å²) < 4.78 is 3.55. The van der Waals surface area contributed by atoms with E-state index >= 15 is 0 Å². The van der Waals surface area contributed by atoms with Gasteiger partial charge in [-0.3, -0.25) is 9.20 Å². The molecule has 0 saturated carbocycles. The van der Waals surface area contributed by atoms with E-state index in [1.54, 1.807) is 16.3 Å². The lowest BCUT2D eigenvalue weighted by atomic mass is 10.2. The average molecular weight is 424 g/mol. The lowest BCUT2D eigenvalue weighted by molar-refractivity contribution is 0.930. The van der Waals surface area contributed by atoms with Crippen LogP contribution in [0.3, 0.4) is 0 Å². The van der Waals surface area contributed by atoms with Crippen molar-refractivity contribution in [2.24, 2.45) is 0 Å². The van der Waals surface area contributed by atoms with E-state index in [1.165, 1.54) is 0 Å². The third-order valence-corrected chi connectivity index (χ3v) is 6.14. The van der Waals surface area contributed by atoms with E-state index in [0.29, 0.717) is 27.6 Å². The summed E-state index contributed by atoms with van der Waals surface area (Å²) in [6.07, 6.45) is 0. The smallest absolute Gasteiger partial charge is 0.267 e. The molecule has 0 atom stereocenters. The number of hydrogen-bond acceptors (Lipinski definition) is 5. The Hall–Kier alpha value is -3.89. The first kappa shape index (κ1) is 19.1. The van der Waals surface area contributed by atoms with Gasteiger partial charge in [-0.2, -0.15) is 5.26 Å². The van der Waals surface area contributed by atoms with Gasteiger partial charge in [-0.1, -0.05) is 53.7 Å². The van der Waals surface area contributed by atoms with Gasteiger partial charge in [0.15, 0.2) is 5.16 Å². The molecule has 0 N–H and O–H groups in total. The summed E-state index contributed by atoms with van der Waals surface area (Å²) in [5.74, 6) is 1.15. The Bertz CT molecular complexity index is 1510. The van der Waals surface area contributed by atoms with Crippen molar-refractivity contribution < 1.29 is 0 Å². The van der Waals surface area contributed by atoms with Crippen LogP contribution in [0.4, 0.5) is 0 Å². The number of para-hydroxylation sites is 1. The van der Waals surface area contributed by atoms with Gasteiger partial charge in [0.05, 0.1) is 28.2 Å². The molecule has 0 spiro atoms. The Morgan fingerprint density at radius 2 is 1.71 bits per heavy atom. The first-order valence-electron chi connectivity index (χ1n) is 9.73. The maximum atomic E-state index is 13.3. The predicted octanol–water partition coefficient (Wildman–Crippen LogP) is 4.51. The molecule has 0 aliphatic heterocycles. The molecule has 0 unspecified atom stereocenters. The molecule has 0 fully saturated rings. The number of hydrogen-bond donors (Lipinski definition) is 0. The molecule has 7 heteroatoms. The van der Waals surface area contributed by atoms with Crippen molar-refractivity contribution in [3.63, 3.8) is 0 Å². The minimum absolute atomic E-state index is 0.122. The molecule has 0 aliphatic rings. The highest BCUT2D eigenvalue weighted by molar-refractivity contribution is 7.98. The number of thioether (sulfide) groups is 1. The first-order valence-corrected chi connectivity index (χ1v) is 10.7. The Kier molecular flexibility index (Phi) is 4.77. The second kappa shape index (κ2) is 7.74. The lowest BCUT2D eigenvalue weighted by Crippen LogP contribution is -2.21. The summed E-state index contributed by atoms with van der Waals surface area (Å²) in [4.78, 5) is 13.3. The highest BCUT2D eigenvalue weighted by Gasteiger charge is 2.17. The summed E-state index contributed by atoms with van der Waals surface area (Å²) in [7, 11) is 0. The van der Waals surface area contributed by atoms with E-state index in [0.717, 1.165) is 22.3 Å². The highest BCUT2D eigenvalue weighted by atomic mass is 32.2. The monoisotopic (exact) mass is 423 g/mol. The van der Waals surface area contributed by atoms with Crippen LogP contribution in [0.2, 0.25) is 0 Å². The molecule has 5 rings (SSSR count). The Labute approximate surface area is 182 Å². The van der Waals surface area contributed by atoms with Crippen LogP contribution in [-0.2, 0) is 5.75 Å². The maximum Gasteiger partial charge on any atom is 0.267 e. The molecule has 0 radical (unpaired) electrons. The van der Waals surface area contributed by atoms with Crippen molar-refractivity contribution in [3.8, 4) is 11.8 Å². The van der Waals surface area contributed by atoms with E-state index in [1.807, 2.05) is 84.1 Å². The molecule has 0 saturated heterocycles.